The number of ether oxygens (including phenoxy) is 2. The standard InChI is InChI=1S/C21H17N3O6/c25-18(29-12-17-22-14-6-2-4-8-16(14)30-17)11-24-19(26)21(23-20(24)27)9-10-28-15-7-3-1-5-13(15)21/h1-8H,9-12H2,(H,23,27)/t21-/m0/s1. The lowest BCUT2D eigenvalue weighted by atomic mass is 9.84. The summed E-state index contributed by atoms with van der Waals surface area (Å²) in [6.45, 7) is -0.423. The van der Waals surface area contributed by atoms with Crippen molar-refractivity contribution in [1.29, 1.82) is 0 Å². The van der Waals surface area contributed by atoms with Crippen molar-refractivity contribution in [3.05, 3.63) is 60.0 Å². The third-order valence-corrected chi connectivity index (χ3v) is 5.24. The number of carbonyl (C=O) groups is 3. The fourth-order valence-electron chi connectivity index (χ4n) is 3.81. The molecule has 152 valence electrons. The Kier molecular flexibility index (Phi) is 4.16. The molecule has 3 aromatic rings. The second-order valence-electron chi connectivity index (χ2n) is 7.06. The van der Waals surface area contributed by atoms with E-state index in [1.165, 1.54) is 0 Å². The van der Waals surface area contributed by atoms with Crippen LogP contribution >= 0.6 is 0 Å². The first-order valence-corrected chi connectivity index (χ1v) is 9.43. The molecule has 30 heavy (non-hydrogen) atoms. The van der Waals surface area contributed by atoms with E-state index in [4.69, 9.17) is 13.9 Å². The van der Waals surface area contributed by atoms with Crippen LogP contribution in [-0.2, 0) is 26.5 Å². The minimum absolute atomic E-state index is 0.195. The van der Waals surface area contributed by atoms with Crippen LogP contribution in [-0.4, -0.2) is 40.9 Å². The number of hydrogen-bond acceptors (Lipinski definition) is 7. The molecular weight excluding hydrogens is 390 g/mol. The van der Waals surface area contributed by atoms with E-state index in [-0.39, 0.29) is 25.5 Å². The van der Waals surface area contributed by atoms with Gasteiger partial charge in [0.05, 0.1) is 6.61 Å². The van der Waals surface area contributed by atoms with Gasteiger partial charge in [0.25, 0.3) is 5.91 Å². The third-order valence-electron chi connectivity index (χ3n) is 5.24. The molecule has 1 spiro atoms. The topological polar surface area (TPSA) is 111 Å². The highest BCUT2D eigenvalue weighted by atomic mass is 16.5. The van der Waals surface area contributed by atoms with Crippen LogP contribution in [0.15, 0.2) is 52.9 Å². The molecule has 1 N–H and O–H groups in total. The molecule has 1 saturated heterocycles. The Hall–Kier alpha value is -3.88. The average Bonchev–Trinajstić information content (AvgIpc) is 3.27. The summed E-state index contributed by atoms with van der Waals surface area (Å²) >= 11 is 0. The summed E-state index contributed by atoms with van der Waals surface area (Å²) in [5.74, 6) is -0.463. The Bertz CT molecular complexity index is 1140. The fraction of sp³-hybridized carbons (Fsp3) is 0.238. The van der Waals surface area contributed by atoms with Crippen LogP contribution in [0.4, 0.5) is 4.79 Å². The number of nitrogens with one attached hydrogen (secondary N) is 1. The zero-order valence-corrected chi connectivity index (χ0v) is 15.8. The van der Waals surface area contributed by atoms with Crippen LogP contribution in [0.5, 0.6) is 5.75 Å². The molecule has 1 aromatic heterocycles. The van der Waals surface area contributed by atoms with Crippen LogP contribution in [0.1, 0.15) is 17.9 Å². The van der Waals surface area contributed by atoms with Crippen molar-refractivity contribution >= 4 is 29.0 Å². The molecule has 1 fully saturated rings. The SMILES string of the molecule is O=C(CN1C(=O)N[C@]2(CCOc3ccccc32)C1=O)OCc1nc2ccccc2o1. The number of para-hydroxylation sites is 3. The molecule has 9 nitrogen and oxygen atoms in total. The first-order chi connectivity index (χ1) is 14.6. The minimum atomic E-state index is -1.23. The number of urea groups is 1. The highest BCUT2D eigenvalue weighted by molar-refractivity contribution is 6.09. The van der Waals surface area contributed by atoms with Gasteiger partial charge < -0.3 is 19.2 Å². The van der Waals surface area contributed by atoms with E-state index in [1.807, 2.05) is 12.1 Å². The van der Waals surface area contributed by atoms with E-state index < -0.39 is 30.0 Å². The molecule has 2 aromatic carbocycles. The van der Waals surface area contributed by atoms with Crippen molar-refractivity contribution in [2.45, 2.75) is 18.6 Å². The lowest BCUT2D eigenvalue weighted by Gasteiger charge is -2.33. The monoisotopic (exact) mass is 407 g/mol. The molecule has 0 bridgehead atoms. The Morgan fingerprint density at radius 2 is 1.97 bits per heavy atom. The van der Waals surface area contributed by atoms with Gasteiger partial charge in [-0.05, 0) is 18.2 Å². The quantitative estimate of drug-likeness (QED) is 0.521. The Morgan fingerprint density at radius 1 is 1.17 bits per heavy atom. The smallest absolute Gasteiger partial charge is 0.326 e. The van der Waals surface area contributed by atoms with Gasteiger partial charge in [0.1, 0.15) is 17.8 Å². The first-order valence-electron chi connectivity index (χ1n) is 9.43. The van der Waals surface area contributed by atoms with E-state index in [1.54, 1.807) is 36.4 Å². The Morgan fingerprint density at radius 3 is 2.83 bits per heavy atom. The number of esters is 1. The van der Waals surface area contributed by atoms with Gasteiger partial charge in [0.2, 0.25) is 5.89 Å². The highest BCUT2D eigenvalue weighted by Gasteiger charge is 2.55. The Balaban J connectivity index is 1.29. The van der Waals surface area contributed by atoms with Crippen molar-refractivity contribution in [1.82, 2.24) is 15.2 Å². The van der Waals surface area contributed by atoms with Crippen molar-refractivity contribution in [3.8, 4) is 5.75 Å². The van der Waals surface area contributed by atoms with Gasteiger partial charge in [-0.3, -0.25) is 14.5 Å². The molecule has 0 aliphatic carbocycles. The highest BCUT2D eigenvalue weighted by Crippen LogP contribution is 2.40. The summed E-state index contributed by atoms with van der Waals surface area (Å²) in [6, 6.07) is 13.6. The van der Waals surface area contributed by atoms with Crippen molar-refractivity contribution in [2.75, 3.05) is 13.2 Å². The summed E-state index contributed by atoms with van der Waals surface area (Å²) in [5, 5.41) is 2.74. The van der Waals surface area contributed by atoms with E-state index in [0.717, 1.165) is 4.90 Å². The number of carbonyl (C=O) groups excluding carboxylic acids is 3. The predicted molar refractivity (Wildman–Crippen MR) is 102 cm³/mol. The van der Waals surface area contributed by atoms with Crippen LogP contribution in [0, 0.1) is 0 Å². The number of aromatic nitrogens is 1. The number of rotatable bonds is 4. The molecule has 3 heterocycles. The second-order valence-corrected chi connectivity index (χ2v) is 7.06. The summed E-state index contributed by atoms with van der Waals surface area (Å²) in [4.78, 5) is 43.0. The summed E-state index contributed by atoms with van der Waals surface area (Å²) in [7, 11) is 0. The first kappa shape index (κ1) is 18.2. The zero-order valence-electron chi connectivity index (χ0n) is 15.8. The molecule has 5 rings (SSSR count). The molecule has 0 unspecified atom stereocenters. The second kappa shape index (κ2) is 6.87. The molecule has 2 aliphatic rings. The van der Waals surface area contributed by atoms with Gasteiger partial charge in [-0.1, -0.05) is 30.3 Å². The number of hydrogen-bond donors (Lipinski definition) is 1. The zero-order chi connectivity index (χ0) is 20.7. The number of imide groups is 1. The maximum Gasteiger partial charge on any atom is 0.326 e. The van der Waals surface area contributed by atoms with Gasteiger partial charge >= 0.3 is 12.0 Å². The maximum atomic E-state index is 13.1. The molecule has 2 aliphatic heterocycles. The van der Waals surface area contributed by atoms with Gasteiger partial charge in [-0.15, -0.1) is 0 Å². The minimum Gasteiger partial charge on any atom is -0.493 e. The van der Waals surface area contributed by atoms with Gasteiger partial charge in [-0.2, -0.15) is 0 Å². The van der Waals surface area contributed by atoms with Gasteiger partial charge in [-0.25, -0.2) is 9.78 Å². The van der Waals surface area contributed by atoms with E-state index in [9.17, 15) is 14.4 Å². The van der Waals surface area contributed by atoms with Crippen LogP contribution in [0.25, 0.3) is 11.1 Å². The number of oxazole rings is 1. The number of benzene rings is 2. The van der Waals surface area contributed by atoms with Gasteiger partial charge in [0.15, 0.2) is 17.7 Å². The Labute approximate surface area is 170 Å². The summed E-state index contributed by atoms with van der Waals surface area (Å²) in [6.07, 6.45) is 0.281. The van der Waals surface area contributed by atoms with Crippen LogP contribution in [0.2, 0.25) is 0 Å². The normalized spacial score (nSPS) is 20.2. The molecule has 0 saturated carbocycles. The summed E-state index contributed by atoms with van der Waals surface area (Å²) < 4.78 is 16.3. The molecular formula is C21H17N3O6. The van der Waals surface area contributed by atoms with E-state index in [0.29, 0.717) is 22.4 Å². The molecule has 3 amide bonds. The maximum absolute atomic E-state index is 13.1. The lowest BCUT2D eigenvalue weighted by molar-refractivity contribution is -0.149. The fourth-order valence-corrected chi connectivity index (χ4v) is 3.81. The number of amides is 3. The molecule has 0 radical (unpaired) electrons. The lowest BCUT2D eigenvalue weighted by Crippen LogP contribution is -2.47. The van der Waals surface area contributed by atoms with Crippen molar-refractivity contribution in [3.63, 3.8) is 0 Å². The number of fused-ring (bicyclic) bond motifs is 3. The predicted octanol–water partition coefficient (Wildman–Crippen LogP) is 2.10. The van der Waals surface area contributed by atoms with Crippen molar-refractivity contribution in [2.24, 2.45) is 0 Å². The number of nitrogens with zero attached hydrogens (tertiary/aromatic N) is 2. The van der Waals surface area contributed by atoms with E-state index >= 15 is 0 Å². The van der Waals surface area contributed by atoms with E-state index in [2.05, 4.69) is 10.3 Å². The molecule has 1 atom stereocenters. The summed E-state index contributed by atoms with van der Waals surface area (Å²) in [5.41, 5.74) is 0.583. The third kappa shape index (κ3) is 2.86. The van der Waals surface area contributed by atoms with Crippen molar-refractivity contribution < 1.29 is 28.3 Å². The molecule has 9 heteroatoms. The van der Waals surface area contributed by atoms with Gasteiger partial charge in [0, 0.05) is 12.0 Å². The van der Waals surface area contributed by atoms with Crippen LogP contribution < -0.4 is 10.1 Å². The van der Waals surface area contributed by atoms with Crippen LogP contribution in [0.3, 0.4) is 0 Å². The average molecular weight is 407 g/mol. The largest absolute Gasteiger partial charge is 0.493 e.